The van der Waals surface area contributed by atoms with Crippen molar-refractivity contribution in [2.45, 2.75) is 24.4 Å². The van der Waals surface area contributed by atoms with Gasteiger partial charge in [0.25, 0.3) is 11.5 Å². The number of fused-ring (bicyclic) bond motifs is 1. The molecule has 3 heterocycles. The van der Waals surface area contributed by atoms with E-state index >= 15 is 0 Å². The molecule has 2 unspecified atom stereocenters. The monoisotopic (exact) mass is 270 g/mol. The van der Waals surface area contributed by atoms with Crippen LogP contribution in [0.1, 0.15) is 18.0 Å². The Bertz CT molecular complexity index is 666. The van der Waals surface area contributed by atoms with Gasteiger partial charge in [-0.15, -0.1) is 0 Å². The standard InChI is InChI=1S/C11H12F2N4O2/c12-11(13)1-5(3-18)17-9(11)6-2-14-8-7(6)15-4-16-10(8)19/h2,4-5,9,14,17-18H,1,3H2,(H,15,16,19). The van der Waals surface area contributed by atoms with Crippen LogP contribution in [-0.2, 0) is 0 Å². The lowest BCUT2D eigenvalue weighted by Crippen LogP contribution is -2.29. The normalized spacial score (nSPS) is 26.1. The van der Waals surface area contributed by atoms with Gasteiger partial charge in [0, 0.05) is 24.2 Å². The highest BCUT2D eigenvalue weighted by molar-refractivity contribution is 5.78. The molecule has 1 aliphatic heterocycles. The number of rotatable bonds is 2. The Hall–Kier alpha value is -1.80. The zero-order valence-corrected chi connectivity index (χ0v) is 9.78. The van der Waals surface area contributed by atoms with Crippen molar-refractivity contribution in [2.75, 3.05) is 6.61 Å². The van der Waals surface area contributed by atoms with Gasteiger partial charge in [-0.2, -0.15) is 0 Å². The van der Waals surface area contributed by atoms with E-state index in [9.17, 15) is 13.6 Å². The molecule has 1 aliphatic rings. The van der Waals surface area contributed by atoms with Crippen LogP contribution in [-0.4, -0.2) is 38.6 Å². The van der Waals surface area contributed by atoms with E-state index < -0.39 is 30.0 Å². The minimum Gasteiger partial charge on any atom is -0.395 e. The molecule has 1 fully saturated rings. The van der Waals surface area contributed by atoms with Crippen LogP contribution < -0.4 is 10.9 Å². The van der Waals surface area contributed by atoms with E-state index in [0.29, 0.717) is 0 Å². The number of aromatic nitrogens is 3. The molecule has 102 valence electrons. The van der Waals surface area contributed by atoms with Crippen LogP contribution in [0.25, 0.3) is 11.0 Å². The van der Waals surface area contributed by atoms with Gasteiger partial charge >= 0.3 is 0 Å². The van der Waals surface area contributed by atoms with Crippen molar-refractivity contribution >= 4 is 11.0 Å². The van der Waals surface area contributed by atoms with Gasteiger partial charge < -0.3 is 15.1 Å². The molecule has 0 spiro atoms. The molecule has 8 heteroatoms. The average molecular weight is 270 g/mol. The molecule has 19 heavy (non-hydrogen) atoms. The number of alkyl halides is 2. The fourth-order valence-corrected chi connectivity index (χ4v) is 2.49. The molecular weight excluding hydrogens is 258 g/mol. The van der Waals surface area contributed by atoms with Gasteiger partial charge in [-0.25, -0.2) is 13.8 Å². The lowest BCUT2D eigenvalue weighted by atomic mass is 10.0. The number of nitrogens with zero attached hydrogens (tertiary/aromatic N) is 1. The molecule has 2 aromatic heterocycles. The third kappa shape index (κ3) is 1.83. The number of aliphatic hydroxyl groups is 1. The zero-order chi connectivity index (χ0) is 13.6. The molecule has 2 aromatic rings. The highest BCUT2D eigenvalue weighted by atomic mass is 19.3. The number of nitrogens with one attached hydrogen (secondary N) is 3. The van der Waals surface area contributed by atoms with Gasteiger partial charge in [-0.1, -0.05) is 0 Å². The zero-order valence-electron chi connectivity index (χ0n) is 9.78. The Labute approximate surface area is 105 Å². The highest BCUT2D eigenvalue weighted by Gasteiger charge is 2.50. The van der Waals surface area contributed by atoms with Crippen molar-refractivity contribution < 1.29 is 13.9 Å². The molecule has 0 amide bonds. The van der Waals surface area contributed by atoms with E-state index in [-0.39, 0.29) is 23.2 Å². The quantitative estimate of drug-likeness (QED) is 0.630. The fourth-order valence-electron chi connectivity index (χ4n) is 2.49. The van der Waals surface area contributed by atoms with Crippen LogP contribution in [0, 0.1) is 0 Å². The molecule has 0 radical (unpaired) electrons. The van der Waals surface area contributed by atoms with Crippen molar-refractivity contribution in [3.8, 4) is 0 Å². The summed E-state index contributed by atoms with van der Waals surface area (Å²) >= 11 is 0. The van der Waals surface area contributed by atoms with Crippen molar-refractivity contribution in [1.29, 1.82) is 0 Å². The second-order valence-corrected chi connectivity index (χ2v) is 4.64. The molecule has 3 rings (SSSR count). The molecule has 0 aliphatic carbocycles. The lowest BCUT2D eigenvalue weighted by molar-refractivity contribution is -0.0135. The second-order valence-electron chi connectivity index (χ2n) is 4.64. The lowest BCUT2D eigenvalue weighted by Gasteiger charge is -2.17. The van der Waals surface area contributed by atoms with Gasteiger partial charge in [-0.3, -0.25) is 10.1 Å². The summed E-state index contributed by atoms with van der Waals surface area (Å²) in [5.74, 6) is -2.99. The molecule has 6 nitrogen and oxygen atoms in total. The first-order valence-electron chi connectivity index (χ1n) is 5.82. The van der Waals surface area contributed by atoms with E-state index in [1.807, 2.05) is 0 Å². The summed E-state index contributed by atoms with van der Waals surface area (Å²) in [6, 6.07) is -1.92. The molecule has 0 bridgehead atoms. The Morgan fingerprint density at radius 3 is 2.95 bits per heavy atom. The maximum absolute atomic E-state index is 13.9. The number of halogens is 2. The van der Waals surface area contributed by atoms with E-state index in [1.54, 1.807) is 0 Å². The predicted molar refractivity (Wildman–Crippen MR) is 63.0 cm³/mol. The van der Waals surface area contributed by atoms with Crippen LogP contribution >= 0.6 is 0 Å². The minimum absolute atomic E-state index is 0.169. The maximum atomic E-state index is 13.9. The summed E-state index contributed by atoms with van der Waals surface area (Å²) in [7, 11) is 0. The minimum atomic E-state index is -2.99. The second kappa shape index (κ2) is 4.10. The van der Waals surface area contributed by atoms with Crippen LogP contribution in [0.5, 0.6) is 0 Å². The van der Waals surface area contributed by atoms with Gasteiger partial charge in [0.1, 0.15) is 17.1 Å². The number of H-pyrrole nitrogens is 2. The Kier molecular flexibility index (Phi) is 2.64. The third-order valence-electron chi connectivity index (χ3n) is 3.37. The molecule has 2 atom stereocenters. The van der Waals surface area contributed by atoms with Crippen molar-refractivity contribution in [3.05, 3.63) is 28.4 Å². The summed E-state index contributed by atoms with van der Waals surface area (Å²) in [5, 5.41) is 11.7. The molecule has 1 saturated heterocycles. The summed E-state index contributed by atoms with van der Waals surface area (Å²) in [4.78, 5) is 20.5. The van der Waals surface area contributed by atoms with Crippen LogP contribution in [0.15, 0.2) is 17.3 Å². The Morgan fingerprint density at radius 2 is 2.26 bits per heavy atom. The Morgan fingerprint density at radius 1 is 1.47 bits per heavy atom. The van der Waals surface area contributed by atoms with Crippen LogP contribution in [0.3, 0.4) is 0 Å². The van der Waals surface area contributed by atoms with E-state index in [1.165, 1.54) is 12.5 Å². The van der Waals surface area contributed by atoms with Crippen molar-refractivity contribution in [1.82, 2.24) is 20.3 Å². The van der Waals surface area contributed by atoms with Gasteiger partial charge in [0.05, 0.1) is 12.9 Å². The van der Waals surface area contributed by atoms with Crippen molar-refractivity contribution in [2.24, 2.45) is 0 Å². The van der Waals surface area contributed by atoms with Gasteiger partial charge in [0.15, 0.2) is 0 Å². The third-order valence-corrected chi connectivity index (χ3v) is 3.37. The topological polar surface area (TPSA) is 93.8 Å². The first-order chi connectivity index (χ1) is 9.03. The smallest absolute Gasteiger partial charge is 0.275 e. The predicted octanol–water partition coefficient (Wildman–Crippen LogP) is 0.282. The number of aliphatic hydroxyl groups excluding tert-OH is 1. The van der Waals surface area contributed by atoms with E-state index in [2.05, 4.69) is 20.3 Å². The van der Waals surface area contributed by atoms with E-state index in [0.717, 1.165) is 0 Å². The largest absolute Gasteiger partial charge is 0.395 e. The fraction of sp³-hybridized carbons (Fsp3) is 0.455. The first-order valence-corrected chi connectivity index (χ1v) is 5.82. The summed E-state index contributed by atoms with van der Waals surface area (Å²) in [6.45, 7) is -0.359. The molecular formula is C11H12F2N4O2. The number of hydrogen-bond acceptors (Lipinski definition) is 4. The number of aromatic amines is 2. The molecule has 0 aromatic carbocycles. The summed E-state index contributed by atoms with van der Waals surface area (Å²) in [6.07, 6.45) is 2.10. The van der Waals surface area contributed by atoms with Gasteiger partial charge in [-0.05, 0) is 0 Å². The number of hydrogen-bond donors (Lipinski definition) is 4. The van der Waals surface area contributed by atoms with Crippen LogP contribution in [0.2, 0.25) is 0 Å². The SMILES string of the molecule is O=c1[nH]cnc2c(C3NC(CO)CC3(F)F)c[nH]c12. The Balaban J connectivity index is 2.10. The van der Waals surface area contributed by atoms with Crippen molar-refractivity contribution in [3.63, 3.8) is 0 Å². The van der Waals surface area contributed by atoms with E-state index in [4.69, 9.17) is 5.11 Å². The highest BCUT2D eigenvalue weighted by Crippen LogP contribution is 2.42. The maximum Gasteiger partial charge on any atom is 0.275 e. The molecule has 0 saturated carbocycles. The average Bonchev–Trinajstić information content (AvgIpc) is 2.90. The van der Waals surface area contributed by atoms with Crippen LogP contribution in [0.4, 0.5) is 8.78 Å². The van der Waals surface area contributed by atoms with Gasteiger partial charge in [0.2, 0.25) is 0 Å². The molecule has 4 N–H and O–H groups in total. The first kappa shape index (κ1) is 12.2. The summed E-state index contributed by atoms with van der Waals surface area (Å²) in [5.41, 5.74) is 0.223. The summed E-state index contributed by atoms with van der Waals surface area (Å²) < 4.78 is 27.9.